The van der Waals surface area contributed by atoms with Gasteiger partial charge in [0.1, 0.15) is 0 Å². The molecular weight excluding hydrogens is 176 g/mol. The molecule has 0 unspecified atom stereocenters. The molecule has 0 aromatic rings. The molecule has 0 spiro atoms. The van der Waals surface area contributed by atoms with E-state index in [4.69, 9.17) is 0 Å². The van der Waals surface area contributed by atoms with E-state index >= 15 is 0 Å². The van der Waals surface area contributed by atoms with Crippen LogP contribution < -0.4 is 25.0 Å². The molecule has 0 heterocycles. The number of hydrogen-bond donors (Lipinski definition) is 1. The zero-order valence-electron chi connectivity index (χ0n) is 3.54. The molecule has 0 saturated heterocycles. The second-order valence-electron chi connectivity index (χ2n) is 0. The SMILES string of the molecule is F.F.N.[F-].[F-].[F-].[F-].[Ti+4]. The zero-order chi connectivity index (χ0) is 0. The summed E-state index contributed by atoms with van der Waals surface area (Å²) in [6, 6.07) is 0. The fourth-order valence-corrected chi connectivity index (χ4v) is 0. The van der Waals surface area contributed by atoms with Crippen LogP contribution in [-0.4, -0.2) is 0 Å². The van der Waals surface area contributed by atoms with Crippen molar-refractivity contribution < 1.29 is 49.9 Å². The summed E-state index contributed by atoms with van der Waals surface area (Å²) >= 11 is 0. The Morgan fingerprint density at radius 3 is 0.500 bits per heavy atom. The largest absolute Gasteiger partial charge is 4.00 e. The van der Waals surface area contributed by atoms with Gasteiger partial charge >= 0.3 is 21.7 Å². The first kappa shape index (κ1) is 6720. The Morgan fingerprint density at radius 2 is 0.500 bits per heavy atom. The summed E-state index contributed by atoms with van der Waals surface area (Å²) < 4.78 is 0. The van der Waals surface area contributed by atoms with E-state index in [0.717, 1.165) is 0 Å². The third-order valence-corrected chi connectivity index (χ3v) is 0. The number of hydrogen-bond acceptors (Lipinski definition) is 1. The van der Waals surface area contributed by atoms with E-state index in [1.807, 2.05) is 0 Å². The summed E-state index contributed by atoms with van der Waals surface area (Å²) in [7, 11) is 0. The van der Waals surface area contributed by atoms with Gasteiger partial charge in [0.05, 0.1) is 0 Å². The minimum Gasteiger partial charge on any atom is -1.00 e. The first-order valence-corrected chi connectivity index (χ1v) is 0. The summed E-state index contributed by atoms with van der Waals surface area (Å²) in [5, 5.41) is 0. The van der Waals surface area contributed by atoms with Crippen LogP contribution in [0.2, 0.25) is 0 Å². The molecule has 0 rings (SSSR count). The predicted octanol–water partition coefficient (Wildman–Crippen LogP) is -11.5. The van der Waals surface area contributed by atoms with Gasteiger partial charge in [0.25, 0.3) is 0 Å². The second-order valence-corrected chi connectivity index (χ2v) is 0. The standard InChI is InChI=1S/6FH.H3N.Ti/h6*1H;1H3;/q;;;;;;;+4/p-4. The molecule has 0 saturated carbocycles. The van der Waals surface area contributed by atoms with Gasteiger partial charge < -0.3 is 25.0 Å². The van der Waals surface area contributed by atoms with Crippen LogP contribution in [0, 0.1) is 0 Å². The van der Waals surface area contributed by atoms with Gasteiger partial charge in [0.15, 0.2) is 0 Å². The van der Waals surface area contributed by atoms with Crippen molar-refractivity contribution in [2.75, 3.05) is 0 Å². The zero-order valence-corrected chi connectivity index (χ0v) is 5.10. The van der Waals surface area contributed by atoms with Crippen molar-refractivity contribution in [3.63, 3.8) is 0 Å². The molecule has 0 aliphatic rings. The van der Waals surface area contributed by atoms with E-state index in [9.17, 15) is 0 Å². The molecule has 0 fully saturated rings. The van der Waals surface area contributed by atoms with Crippen LogP contribution in [0.5, 0.6) is 0 Å². The van der Waals surface area contributed by atoms with E-state index in [2.05, 4.69) is 0 Å². The fourth-order valence-electron chi connectivity index (χ4n) is 0. The Kier molecular flexibility index (Phi) is 3690000. The summed E-state index contributed by atoms with van der Waals surface area (Å²) in [4.78, 5) is 0. The summed E-state index contributed by atoms with van der Waals surface area (Å²) in [5.74, 6) is 0. The van der Waals surface area contributed by atoms with Crippen molar-refractivity contribution in [3.05, 3.63) is 0 Å². The number of rotatable bonds is 0. The third-order valence-electron chi connectivity index (χ3n) is 0. The van der Waals surface area contributed by atoms with Crippen molar-refractivity contribution >= 4 is 0 Å². The molecule has 0 aliphatic carbocycles. The molecule has 0 bridgehead atoms. The molecule has 56 valence electrons. The van der Waals surface area contributed by atoms with Crippen molar-refractivity contribution in [2.24, 2.45) is 0 Å². The molecule has 0 aliphatic heterocycles. The van der Waals surface area contributed by atoms with Crippen LogP contribution in [0.3, 0.4) is 0 Å². The Morgan fingerprint density at radius 1 is 0.500 bits per heavy atom. The average molecular weight is 181 g/mol. The van der Waals surface area contributed by atoms with Crippen LogP contribution in [0.25, 0.3) is 0 Å². The average Bonchev–Trinajstić information content (AvgIpc) is 0. The van der Waals surface area contributed by atoms with Gasteiger partial charge in [-0.3, -0.25) is 9.41 Å². The Balaban J connectivity index is 0. The summed E-state index contributed by atoms with van der Waals surface area (Å²) in [6.45, 7) is 0. The Bertz CT molecular complexity index is 8.49. The Hall–Kier alpha value is 0.254. The quantitative estimate of drug-likeness (QED) is 0.292. The van der Waals surface area contributed by atoms with Gasteiger partial charge in [-0.2, -0.15) is 0 Å². The molecule has 0 aromatic heterocycles. The van der Waals surface area contributed by atoms with E-state index < -0.39 is 0 Å². The van der Waals surface area contributed by atoms with Gasteiger partial charge in [-0.05, 0) is 0 Å². The van der Waals surface area contributed by atoms with Gasteiger partial charge in [-0.25, -0.2) is 0 Å². The third kappa shape index (κ3) is 2670. The summed E-state index contributed by atoms with van der Waals surface area (Å²) in [5.41, 5.74) is 0. The smallest absolute Gasteiger partial charge is 1.00 e. The molecule has 8 heteroatoms. The minimum atomic E-state index is 0. The maximum absolute atomic E-state index is 0. The molecule has 8 heavy (non-hydrogen) atoms. The van der Waals surface area contributed by atoms with Crippen molar-refractivity contribution in [1.29, 1.82) is 0 Å². The molecule has 1 nitrogen and oxygen atoms in total. The van der Waals surface area contributed by atoms with Gasteiger partial charge in [-0.1, -0.05) is 0 Å². The second kappa shape index (κ2) is 4390. The van der Waals surface area contributed by atoms with Crippen LogP contribution in [-0.2, 0) is 21.7 Å². The minimum absolute atomic E-state index is 0. The van der Waals surface area contributed by atoms with Gasteiger partial charge in [-0.15, -0.1) is 0 Å². The van der Waals surface area contributed by atoms with E-state index in [0.29, 0.717) is 0 Å². The molecule has 0 amide bonds. The first-order valence-electron chi connectivity index (χ1n) is 0. The molecule has 3 N–H and O–H groups in total. The molecular formula is H5F6NTi. The van der Waals surface area contributed by atoms with Crippen LogP contribution in [0.1, 0.15) is 0 Å². The normalized spacial score (nSPS) is 0. The van der Waals surface area contributed by atoms with Crippen molar-refractivity contribution in [1.82, 2.24) is 6.15 Å². The maximum Gasteiger partial charge on any atom is 4.00 e. The van der Waals surface area contributed by atoms with Crippen molar-refractivity contribution in [2.45, 2.75) is 0 Å². The van der Waals surface area contributed by atoms with Crippen LogP contribution in [0.4, 0.5) is 9.41 Å². The van der Waals surface area contributed by atoms with Crippen molar-refractivity contribution in [3.8, 4) is 0 Å². The van der Waals surface area contributed by atoms with E-state index in [1.165, 1.54) is 0 Å². The van der Waals surface area contributed by atoms with E-state index in [1.54, 1.807) is 0 Å². The monoisotopic (exact) mass is 181 g/mol. The summed E-state index contributed by atoms with van der Waals surface area (Å²) in [6.07, 6.45) is 0. The fraction of sp³-hybridized carbons (Fsp3) is 0. The van der Waals surface area contributed by atoms with Crippen LogP contribution in [0.15, 0.2) is 0 Å². The van der Waals surface area contributed by atoms with Gasteiger partial charge in [0, 0.05) is 0 Å². The predicted molar refractivity (Wildman–Crippen MR) is 10.0 cm³/mol. The van der Waals surface area contributed by atoms with Gasteiger partial charge in [0.2, 0.25) is 0 Å². The maximum atomic E-state index is 0. The molecule has 0 aromatic carbocycles. The molecule has 0 atom stereocenters. The number of halogens is 6. The Labute approximate surface area is 56.9 Å². The van der Waals surface area contributed by atoms with E-state index in [-0.39, 0.29) is 56.1 Å². The molecule has 0 radical (unpaired) electrons. The first-order chi connectivity index (χ1) is 0. The van der Waals surface area contributed by atoms with Crippen LogP contribution >= 0.6 is 0 Å². The topological polar surface area (TPSA) is 35.0 Å².